The molecule has 2 bridgehead atoms. The van der Waals surface area contributed by atoms with Crippen molar-refractivity contribution in [1.82, 2.24) is 15.2 Å². The molecular weight excluding hydrogens is 282 g/mol. The molecule has 0 saturated carbocycles. The first-order chi connectivity index (χ1) is 10.3. The van der Waals surface area contributed by atoms with E-state index in [0.29, 0.717) is 12.1 Å². The molecule has 2 fully saturated rings. The van der Waals surface area contributed by atoms with Crippen LogP contribution in [-0.2, 0) is 6.54 Å². The van der Waals surface area contributed by atoms with Crippen LogP contribution in [0.5, 0.6) is 0 Å². The Morgan fingerprint density at radius 3 is 3.14 bits per heavy atom. The summed E-state index contributed by atoms with van der Waals surface area (Å²) in [4.78, 5) is 8.51. The SMILES string of the molecule is Cc1oc(-c2cccs2)nc1CN1C2CCNCC1CC2. The van der Waals surface area contributed by atoms with E-state index in [2.05, 4.69) is 21.7 Å². The van der Waals surface area contributed by atoms with Crippen molar-refractivity contribution in [3.63, 3.8) is 0 Å². The molecule has 2 aliphatic heterocycles. The number of fused-ring (bicyclic) bond motifs is 2. The van der Waals surface area contributed by atoms with E-state index < -0.39 is 0 Å². The fraction of sp³-hybridized carbons (Fsp3) is 0.562. The maximum Gasteiger partial charge on any atom is 0.236 e. The molecule has 2 atom stereocenters. The van der Waals surface area contributed by atoms with Gasteiger partial charge in [0.25, 0.3) is 0 Å². The largest absolute Gasteiger partial charge is 0.440 e. The highest BCUT2D eigenvalue weighted by Gasteiger charge is 2.35. The Morgan fingerprint density at radius 2 is 2.29 bits per heavy atom. The van der Waals surface area contributed by atoms with Crippen LogP contribution in [0.25, 0.3) is 10.8 Å². The molecule has 0 aliphatic carbocycles. The molecule has 0 amide bonds. The fourth-order valence-electron chi connectivity index (χ4n) is 3.59. The van der Waals surface area contributed by atoms with Gasteiger partial charge in [0, 0.05) is 25.2 Å². The van der Waals surface area contributed by atoms with Crippen LogP contribution < -0.4 is 5.32 Å². The van der Waals surface area contributed by atoms with Crippen molar-refractivity contribution in [2.24, 2.45) is 0 Å². The molecule has 4 rings (SSSR count). The molecule has 0 radical (unpaired) electrons. The molecule has 5 heteroatoms. The molecule has 2 saturated heterocycles. The van der Waals surface area contributed by atoms with Crippen LogP contribution in [0, 0.1) is 6.92 Å². The normalized spacial score (nSPS) is 26.1. The first-order valence-corrected chi connectivity index (χ1v) is 8.66. The van der Waals surface area contributed by atoms with E-state index in [9.17, 15) is 0 Å². The van der Waals surface area contributed by atoms with Crippen molar-refractivity contribution >= 4 is 11.3 Å². The highest BCUT2D eigenvalue weighted by molar-refractivity contribution is 7.13. The second kappa shape index (κ2) is 5.55. The Kier molecular flexibility index (Phi) is 3.57. The summed E-state index contributed by atoms with van der Waals surface area (Å²) in [7, 11) is 0. The van der Waals surface area contributed by atoms with Crippen LogP contribution in [-0.4, -0.2) is 35.1 Å². The molecule has 2 aromatic rings. The lowest BCUT2D eigenvalue weighted by molar-refractivity contribution is 0.190. The summed E-state index contributed by atoms with van der Waals surface area (Å²) in [5.74, 6) is 1.74. The second-order valence-corrected chi connectivity index (χ2v) is 7.00. The topological polar surface area (TPSA) is 41.3 Å². The predicted octanol–water partition coefficient (Wildman–Crippen LogP) is 3.04. The Morgan fingerprint density at radius 1 is 1.38 bits per heavy atom. The average molecular weight is 303 g/mol. The summed E-state index contributed by atoms with van der Waals surface area (Å²) >= 11 is 1.68. The van der Waals surface area contributed by atoms with Gasteiger partial charge in [-0.1, -0.05) is 6.07 Å². The van der Waals surface area contributed by atoms with E-state index >= 15 is 0 Å². The lowest BCUT2D eigenvalue weighted by Gasteiger charge is -2.26. The zero-order valence-electron chi connectivity index (χ0n) is 12.3. The van der Waals surface area contributed by atoms with Crippen molar-refractivity contribution < 1.29 is 4.42 Å². The van der Waals surface area contributed by atoms with Crippen LogP contribution in [0.1, 0.15) is 30.7 Å². The second-order valence-electron chi connectivity index (χ2n) is 6.05. The summed E-state index contributed by atoms with van der Waals surface area (Å²) in [6, 6.07) is 5.49. The minimum absolute atomic E-state index is 0.666. The lowest BCUT2D eigenvalue weighted by Crippen LogP contribution is -2.37. The number of rotatable bonds is 3. The van der Waals surface area contributed by atoms with Gasteiger partial charge in [-0.25, -0.2) is 4.98 Å². The first-order valence-electron chi connectivity index (χ1n) is 7.78. The molecule has 0 aromatic carbocycles. The minimum atomic E-state index is 0.666. The van der Waals surface area contributed by atoms with E-state index in [0.717, 1.165) is 41.9 Å². The van der Waals surface area contributed by atoms with E-state index in [1.165, 1.54) is 19.3 Å². The van der Waals surface area contributed by atoms with Gasteiger partial charge in [-0.15, -0.1) is 11.3 Å². The van der Waals surface area contributed by atoms with Crippen molar-refractivity contribution in [3.05, 3.63) is 29.0 Å². The number of hydrogen-bond donors (Lipinski definition) is 1. The van der Waals surface area contributed by atoms with E-state index in [-0.39, 0.29) is 0 Å². The number of aromatic nitrogens is 1. The van der Waals surface area contributed by atoms with E-state index in [1.54, 1.807) is 11.3 Å². The zero-order chi connectivity index (χ0) is 14.2. The molecule has 2 aromatic heterocycles. The summed E-state index contributed by atoms with van der Waals surface area (Å²) in [5, 5.41) is 5.62. The molecule has 4 heterocycles. The van der Waals surface area contributed by atoms with Crippen molar-refractivity contribution in [3.8, 4) is 10.8 Å². The highest BCUT2D eigenvalue weighted by Crippen LogP contribution is 2.31. The molecule has 21 heavy (non-hydrogen) atoms. The van der Waals surface area contributed by atoms with Gasteiger partial charge in [-0.3, -0.25) is 4.90 Å². The van der Waals surface area contributed by atoms with Gasteiger partial charge in [0.15, 0.2) is 0 Å². The molecule has 1 N–H and O–H groups in total. The van der Waals surface area contributed by atoms with Gasteiger partial charge in [-0.05, 0) is 44.2 Å². The van der Waals surface area contributed by atoms with Crippen LogP contribution in [0.4, 0.5) is 0 Å². The quantitative estimate of drug-likeness (QED) is 0.946. The van der Waals surface area contributed by atoms with Crippen molar-refractivity contribution in [2.75, 3.05) is 13.1 Å². The van der Waals surface area contributed by atoms with Gasteiger partial charge in [0.1, 0.15) is 5.76 Å². The zero-order valence-corrected chi connectivity index (χ0v) is 13.2. The molecule has 0 spiro atoms. The van der Waals surface area contributed by atoms with E-state index in [1.807, 2.05) is 13.0 Å². The van der Waals surface area contributed by atoms with Gasteiger partial charge in [-0.2, -0.15) is 0 Å². The maximum atomic E-state index is 5.88. The third-order valence-electron chi connectivity index (χ3n) is 4.76. The third-order valence-corrected chi connectivity index (χ3v) is 5.62. The van der Waals surface area contributed by atoms with E-state index in [4.69, 9.17) is 9.40 Å². The molecule has 2 aliphatic rings. The average Bonchev–Trinajstić information content (AvgIpc) is 3.12. The van der Waals surface area contributed by atoms with Gasteiger partial charge in [0.2, 0.25) is 5.89 Å². The molecule has 4 nitrogen and oxygen atoms in total. The van der Waals surface area contributed by atoms with Crippen molar-refractivity contribution in [2.45, 2.75) is 44.8 Å². The fourth-order valence-corrected chi connectivity index (χ4v) is 4.24. The van der Waals surface area contributed by atoms with Crippen LogP contribution in [0.3, 0.4) is 0 Å². The minimum Gasteiger partial charge on any atom is -0.440 e. The summed E-state index contributed by atoms with van der Waals surface area (Å²) in [5.41, 5.74) is 1.11. The third kappa shape index (κ3) is 2.54. The number of nitrogens with zero attached hydrogens (tertiary/aromatic N) is 2. The van der Waals surface area contributed by atoms with Gasteiger partial charge < -0.3 is 9.73 Å². The predicted molar refractivity (Wildman–Crippen MR) is 84.4 cm³/mol. The Balaban J connectivity index is 1.57. The van der Waals surface area contributed by atoms with Gasteiger partial charge in [0.05, 0.1) is 10.6 Å². The number of aryl methyl sites for hydroxylation is 1. The lowest BCUT2D eigenvalue weighted by atomic mass is 10.1. The Hall–Kier alpha value is -1.17. The van der Waals surface area contributed by atoms with Crippen LogP contribution in [0.2, 0.25) is 0 Å². The van der Waals surface area contributed by atoms with Gasteiger partial charge >= 0.3 is 0 Å². The highest BCUT2D eigenvalue weighted by atomic mass is 32.1. The Labute approximate surface area is 129 Å². The monoisotopic (exact) mass is 303 g/mol. The van der Waals surface area contributed by atoms with Crippen LogP contribution >= 0.6 is 11.3 Å². The smallest absolute Gasteiger partial charge is 0.236 e. The van der Waals surface area contributed by atoms with Crippen LogP contribution in [0.15, 0.2) is 21.9 Å². The molecule has 2 unspecified atom stereocenters. The number of nitrogens with one attached hydrogen (secondary N) is 1. The number of oxazole rings is 1. The first kappa shape index (κ1) is 13.5. The summed E-state index contributed by atoms with van der Waals surface area (Å²) in [6.07, 6.45) is 3.90. The number of hydrogen-bond acceptors (Lipinski definition) is 5. The Bertz CT molecular complexity index is 593. The molecular formula is C16H21N3OS. The number of thiophene rings is 1. The maximum absolute atomic E-state index is 5.88. The summed E-state index contributed by atoms with van der Waals surface area (Å²) < 4.78 is 5.88. The summed E-state index contributed by atoms with van der Waals surface area (Å²) in [6.45, 7) is 5.23. The van der Waals surface area contributed by atoms with Crippen molar-refractivity contribution in [1.29, 1.82) is 0 Å². The molecule has 112 valence electrons. The standard InChI is InChI=1S/C16H21N3OS/c1-11-14(18-16(20-11)15-3-2-8-21-15)10-19-12-4-5-13(19)9-17-7-6-12/h2-3,8,12-13,17H,4-7,9-10H2,1H3.